The Morgan fingerprint density at radius 3 is 2.78 bits per heavy atom. The number of carbonyl (C=O) groups excluding carboxylic acids is 2. The predicted molar refractivity (Wildman–Crippen MR) is 99.2 cm³/mol. The summed E-state index contributed by atoms with van der Waals surface area (Å²) in [7, 11) is 2.94. The number of nitrogens with zero attached hydrogens (tertiary/aromatic N) is 3. The van der Waals surface area contributed by atoms with Crippen LogP contribution in [0.2, 0.25) is 5.02 Å². The van der Waals surface area contributed by atoms with E-state index in [0.29, 0.717) is 22.1 Å². The van der Waals surface area contributed by atoms with Gasteiger partial charge in [0, 0.05) is 18.3 Å². The van der Waals surface area contributed by atoms with Crippen LogP contribution in [0.5, 0.6) is 0 Å². The number of rotatable bonds is 5. The Kier molecular flexibility index (Phi) is 5.32. The lowest BCUT2D eigenvalue weighted by Gasteiger charge is -2.14. The molecule has 0 atom stereocenters. The first kappa shape index (κ1) is 18.7. The predicted octanol–water partition coefficient (Wildman–Crippen LogP) is 3.49. The van der Waals surface area contributed by atoms with Crippen LogP contribution in [0.15, 0.2) is 47.0 Å². The van der Waals surface area contributed by atoms with Gasteiger partial charge in [-0.1, -0.05) is 17.7 Å². The topological polar surface area (TPSA) is 77.6 Å². The van der Waals surface area contributed by atoms with Gasteiger partial charge in [-0.05, 0) is 37.3 Å². The molecule has 0 radical (unpaired) electrons. The SMILES string of the molecule is COC(=O)c1cc(CN(C)C(=O)c2ccn(-c3cccc(Cl)c3)n2)oc1C. The number of halogens is 1. The molecular formula is C19H18ClN3O4. The molecule has 3 rings (SSSR count). The number of esters is 1. The summed E-state index contributed by atoms with van der Waals surface area (Å²) in [6.07, 6.45) is 1.69. The van der Waals surface area contributed by atoms with Gasteiger partial charge in [-0.2, -0.15) is 5.10 Å². The fourth-order valence-electron chi connectivity index (χ4n) is 2.64. The fraction of sp³-hybridized carbons (Fsp3) is 0.211. The lowest BCUT2D eigenvalue weighted by molar-refractivity contribution is 0.0598. The molecule has 0 aliphatic rings. The van der Waals surface area contributed by atoms with Gasteiger partial charge in [0.1, 0.15) is 17.1 Å². The van der Waals surface area contributed by atoms with E-state index in [4.69, 9.17) is 20.8 Å². The number of furan rings is 1. The molecule has 0 spiro atoms. The van der Waals surface area contributed by atoms with Crippen LogP contribution in [0.4, 0.5) is 0 Å². The molecule has 8 heteroatoms. The fourth-order valence-corrected chi connectivity index (χ4v) is 2.82. The Hall–Kier alpha value is -3.06. The van der Waals surface area contributed by atoms with E-state index in [1.54, 1.807) is 49.1 Å². The van der Waals surface area contributed by atoms with Gasteiger partial charge >= 0.3 is 5.97 Å². The van der Waals surface area contributed by atoms with E-state index in [1.165, 1.54) is 12.0 Å². The van der Waals surface area contributed by atoms with E-state index < -0.39 is 5.97 Å². The number of ether oxygens (including phenoxy) is 1. The van der Waals surface area contributed by atoms with E-state index in [0.717, 1.165) is 5.69 Å². The molecule has 0 bridgehead atoms. The standard InChI is InChI=1S/C19H18ClN3O4/c1-12-16(19(25)26-3)10-15(27-12)11-22(2)18(24)17-7-8-23(21-17)14-6-4-5-13(20)9-14/h4-10H,11H2,1-3H3. The van der Waals surface area contributed by atoms with Gasteiger partial charge in [-0.25, -0.2) is 9.48 Å². The van der Waals surface area contributed by atoms with Gasteiger partial charge in [-0.3, -0.25) is 4.79 Å². The van der Waals surface area contributed by atoms with E-state index >= 15 is 0 Å². The first-order valence-electron chi connectivity index (χ1n) is 8.13. The third-order valence-electron chi connectivity index (χ3n) is 3.99. The highest BCUT2D eigenvalue weighted by molar-refractivity contribution is 6.30. The monoisotopic (exact) mass is 387 g/mol. The maximum atomic E-state index is 12.6. The van der Waals surface area contributed by atoms with Crippen molar-refractivity contribution in [2.75, 3.05) is 14.2 Å². The minimum absolute atomic E-state index is 0.195. The minimum Gasteiger partial charge on any atom is -0.465 e. The van der Waals surface area contributed by atoms with Gasteiger partial charge in [0.2, 0.25) is 0 Å². The van der Waals surface area contributed by atoms with E-state index in [-0.39, 0.29) is 18.1 Å². The van der Waals surface area contributed by atoms with Gasteiger partial charge < -0.3 is 14.1 Å². The Morgan fingerprint density at radius 2 is 2.07 bits per heavy atom. The molecule has 1 aromatic carbocycles. The average Bonchev–Trinajstić information content (AvgIpc) is 3.27. The average molecular weight is 388 g/mol. The van der Waals surface area contributed by atoms with Crippen LogP contribution >= 0.6 is 11.6 Å². The zero-order valence-corrected chi connectivity index (χ0v) is 15.9. The maximum Gasteiger partial charge on any atom is 0.341 e. The summed E-state index contributed by atoms with van der Waals surface area (Å²) in [5.74, 6) is 0.183. The largest absolute Gasteiger partial charge is 0.465 e. The third-order valence-corrected chi connectivity index (χ3v) is 4.23. The summed E-state index contributed by atoms with van der Waals surface area (Å²) in [4.78, 5) is 25.8. The van der Waals surface area contributed by atoms with Crippen molar-refractivity contribution < 1.29 is 18.7 Å². The Labute approximate surface area is 161 Å². The first-order chi connectivity index (χ1) is 12.9. The van der Waals surface area contributed by atoms with Crippen LogP contribution in [-0.2, 0) is 11.3 Å². The van der Waals surface area contributed by atoms with Crippen molar-refractivity contribution in [3.63, 3.8) is 0 Å². The smallest absolute Gasteiger partial charge is 0.341 e. The number of carbonyl (C=O) groups is 2. The molecule has 2 heterocycles. The molecule has 1 amide bonds. The molecule has 140 valence electrons. The Balaban J connectivity index is 1.74. The summed E-state index contributed by atoms with van der Waals surface area (Å²) in [6, 6.07) is 10.4. The maximum absolute atomic E-state index is 12.6. The molecule has 3 aromatic rings. The summed E-state index contributed by atoms with van der Waals surface area (Å²) in [5, 5.41) is 4.90. The molecule has 0 saturated heterocycles. The van der Waals surface area contributed by atoms with Gasteiger partial charge in [0.15, 0.2) is 5.69 Å². The van der Waals surface area contributed by atoms with Crippen LogP contribution in [-0.4, -0.2) is 40.7 Å². The second kappa shape index (κ2) is 7.67. The molecule has 0 N–H and O–H groups in total. The van der Waals surface area contributed by atoms with Crippen molar-refractivity contribution in [2.45, 2.75) is 13.5 Å². The second-order valence-corrected chi connectivity index (χ2v) is 6.40. The summed E-state index contributed by atoms with van der Waals surface area (Å²) < 4.78 is 11.8. The molecule has 7 nitrogen and oxygen atoms in total. The molecule has 27 heavy (non-hydrogen) atoms. The van der Waals surface area contributed by atoms with Gasteiger partial charge in [0.25, 0.3) is 5.91 Å². The highest BCUT2D eigenvalue weighted by atomic mass is 35.5. The number of aromatic nitrogens is 2. The number of hydrogen-bond acceptors (Lipinski definition) is 5. The van der Waals surface area contributed by atoms with Crippen LogP contribution in [0.25, 0.3) is 5.69 Å². The van der Waals surface area contributed by atoms with Crippen LogP contribution in [0.1, 0.15) is 32.4 Å². The number of methoxy groups -OCH3 is 1. The molecule has 0 saturated carbocycles. The van der Waals surface area contributed by atoms with Crippen molar-refractivity contribution in [1.82, 2.24) is 14.7 Å². The van der Waals surface area contributed by atoms with Crippen molar-refractivity contribution in [3.8, 4) is 5.69 Å². The Bertz CT molecular complexity index is 993. The normalized spacial score (nSPS) is 10.7. The van der Waals surface area contributed by atoms with E-state index in [1.807, 2.05) is 12.1 Å². The molecular weight excluding hydrogens is 370 g/mol. The van der Waals surface area contributed by atoms with Crippen LogP contribution < -0.4 is 0 Å². The molecule has 2 aromatic heterocycles. The summed E-state index contributed by atoms with van der Waals surface area (Å²) in [6.45, 7) is 1.87. The lowest BCUT2D eigenvalue weighted by atomic mass is 10.2. The van der Waals surface area contributed by atoms with Gasteiger partial charge in [-0.15, -0.1) is 0 Å². The molecule has 0 aliphatic carbocycles. The Morgan fingerprint density at radius 1 is 1.30 bits per heavy atom. The highest BCUT2D eigenvalue weighted by Gasteiger charge is 2.20. The zero-order valence-electron chi connectivity index (χ0n) is 15.1. The van der Waals surface area contributed by atoms with Crippen molar-refractivity contribution in [3.05, 3.63) is 70.4 Å². The quantitative estimate of drug-likeness (QED) is 0.626. The summed E-state index contributed by atoms with van der Waals surface area (Å²) in [5.41, 5.74) is 1.39. The highest BCUT2D eigenvalue weighted by Crippen LogP contribution is 2.18. The molecule has 0 fully saturated rings. The van der Waals surface area contributed by atoms with Gasteiger partial charge in [0.05, 0.1) is 19.3 Å². The lowest BCUT2D eigenvalue weighted by Crippen LogP contribution is -2.26. The van der Waals surface area contributed by atoms with Crippen molar-refractivity contribution in [1.29, 1.82) is 0 Å². The zero-order chi connectivity index (χ0) is 19.6. The van der Waals surface area contributed by atoms with E-state index in [2.05, 4.69) is 5.10 Å². The first-order valence-corrected chi connectivity index (χ1v) is 8.51. The summed E-state index contributed by atoms with van der Waals surface area (Å²) >= 11 is 5.99. The number of benzene rings is 1. The van der Waals surface area contributed by atoms with Crippen molar-refractivity contribution in [2.24, 2.45) is 0 Å². The van der Waals surface area contributed by atoms with Crippen LogP contribution in [0, 0.1) is 6.92 Å². The third kappa shape index (κ3) is 4.03. The number of aryl methyl sites for hydroxylation is 1. The van der Waals surface area contributed by atoms with Crippen molar-refractivity contribution >= 4 is 23.5 Å². The number of amides is 1. The van der Waals surface area contributed by atoms with Crippen LogP contribution in [0.3, 0.4) is 0 Å². The second-order valence-electron chi connectivity index (χ2n) is 5.96. The molecule has 0 aliphatic heterocycles. The minimum atomic E-state index is -0.475. The molecule has 0 unspecified atom stereocenters. The number of hydrogen-bond donors (Lipinski definition) is 0. The van der Waals surface area contributed by atoms with E-state index in [9.17, 15) is 9.59 Å².